The first-order chi connectivity index (χ1) is 15.9. The van der Waals surface area contributed by atoms with Crippen LogP contribution in [0.1, 0.15) is 35.6 Å². The van der Waals surface area contributed by atoms with Crippen LogP contribution in [0.5, 0.6) is 0 Å². The summed E-state index contributed by atoms with van der Waals surface area (Å²) in [7, 11) is 1.82. The van der Waals surface area contributed by atoms with Crippen LogP contribution < -0.4 is 5.32 Å². The van der Waals surface area contributed by atoms with Crippen LogP contribution in [0, 0.1) is 6.92 Å². The molecule has 0 radical (unpaired) electrons. The van der Waals surface area contributed by atoms with Gasteiger partial charge in [0.2, 0.25) is 0 Å². The number of aromatic nitrogens is 4. The Hall–Kier alpha value is -3.08. The third-order valence-corrected chi connectivity index (χ3v) is 6.45. The lowest BCUT2D eigenvalue weighted by molar-refractivity contribution is -0.0707. The van der Waals surface area contributed by atoms with Gasteiger partial charge in [-0.3, -0.25) is 19.7 Å². The van der Waals surface area contributed by atoms with Crippen molar-refractivity contribution in [2.24, 2.45) is 7.05 Å². The molecule has 1 fully saturated rings. The predicted octanol–water partition coefficient (Wildman–Crippen LogP) is 3.85. The molecule has 4 aromatic rings. The van der Waals surface area contributed by atoms with Gasteiger partial charge in [0.25, 0.3) is 5.91 Å². The SMILES string of the molecule is Cc1nn(C)c2nc(-c3ccco3)cc(C(=O)Nc3nc(CN4CC(C)OC(C)C4)cs3)c12. The van der Waals surface area contributed by atoms with Gasteiger partial charge in [-0.25, -0.2) is 9.97 Å². The van der Waals surface area contributed by atoms with Crippen LogP contribution in [0.4, 0.5) is 5.13 Å². The zero-order valence-electron chi connectivity index (χ0n) is 19.0. The lowest BCUT2D eigenvalue weighted by Gasteiger charge is -2.34. The van der Waals surface area contributed by atoms with Crippen LogP contribution >= 0.6 is 11.3 Å². The number of hydrogen-bond donors (Lipinski definition) is 1. The Morgan fingerprint density at radius 3 is 2.79 bits per heavy atom. The minimum absolute atomic E-state index is 0.201. The van der Waals surface area contributed by atoms with E-state index in [4.69, 9.17) is 9.15 Å². The van der Waals surface area contributed by atoms with E-state index >= 15 is 0 Å². The highest BCUT2D eigenvalue weighted by atomic mass is 32.1. The standard InChI is InChI=1S/C23H26N6O3S/c1-13-9-29(10-14(2)32-13)11-16-12-33-23(24-16)26-22(30)17-8-18(19-6-5-7-31-19)25-21-20(17)15(3)27-28(21)4/h5-8,12-14H,9-11H2,1-4H3,(H,24,26,30). The van der Waals surface area contributed by atoms with E-state index in [1.54, 1.807) is 23.1 Å². The maximum absolute atomic E-state index is 13.3. The summed E-state index contributed by atoms with van der Waals surface area (Å²) in [6.07, 6.45) is 1.99. The molecule has 0 aliphatic carbocycles. The van der Waals surface area contributed by atoms with Crippen molar-refractivity contribution < 1.29 is 13.9 Å². The smallest absolute Gasteiger partial charge is 0.258 e. The number of aryl methyl sites for hydroxylation is 2. The van der Waals surface area contributed by atoms with E-state index in [-0.39, 0.29) is 18.1 Å². The maximum Gasteiger partial charge on any atom is 0.258 e. The predicted molar refractivity (Wildman–Crippen MR) is 126 cm³/mol. The molecule has 1 amide bonds. The summed E-state index contributed by atoms with van der Waals surface area (Å²) in [4.78, 5) is 25.0. The highest BCUT2D eigenvalue weighted by Gasteiger charge is 2.24. The average molecular weight is 467 g/mol. The van der Waals surface area contributed by atoms with Crippen LogP contribution in [-0.2, 0) is 18.3 Å². The van der Waals surface area contributed by atoms with E-state index in [0.717, 1.165) is 36.4 Å². The number of anilines is 1. The molecule has 1 saturated heterocycles. The van der Waals surface area contributed by atoms with Crippen molar-refractivity contribution >= 4 is 33.4 Å². The number of fused-ring (bicyclic) bond motifs is 1. The molecule has 172 valence electrons. The van der Waals surface area contributed by atoms with Gasteiger partial charge in [-0.2, -0.15) is 5.10 Å². The van der Waals surface area contributed by atoms with Crippen LogP contribution in [-0.4, -0.2) is 55.9 Å². The van der Waals surface area contributed by atoms with E-state index in [0.29, 0.717) is 27.8 Å². The summed E-state index contributed by atoms with van der Waals surface area (Å²) >= 11 is 1.42. The zero-order valence-corrected chi connectivity index (χ0v) is 19.8. The first kappa shape index (κ1) is 21.7. The summed E-state index contributed by atoms with van der Waals surface area (Å²) < 4.78 is 13.0. The van der Waals surface area contributed by atoms with Gasteiger partial charge in [0.15, 0.2) is 16.5 Å². The van der Waals surface area contributed by atoms with Crippen LogP contribution in [0.2, 0.25) is 0 Å². The number of nitrogens with zero attached hydrogens (tertiary/aromatic N) is 5. The molecule has 4 aromatic heterocycles. The fraction of sp³-hybridized carbons (Fsp3) is 0.391. The number of ether oxygens (including phenoxy) is 1. The fourth-order valence-corrected chi connectivity index (χ4v) is 5.11. The van der Waals surface area contributed by atoms with Crippen molar-refractivity contribution in [1.29, 1.82) is 0 Å². The number of rotatable bonds is 5. The highest BCUT2D eigenvalue weighted by molar-refractivity contribution is 7.14. The Kier molecular flexibility index (Phi) is 5.73. The Labute approximate surface area is 195 Å². The Bertz CT molecular complexity index is 1290. The minimum Gasteiger partial charge on any atom is -0.463 e. The topological polar surface area (TPSA) is 98.3 Å². The minimum atomic E-state index is -0.249. The molecule has 0 aromatic carbocycles. The molecule has 5 rings (SSSR count). The number of thiazole rings is 1. The Balaban J connectivity index is 1.40. The first-order valence-electron chi connectivity index (χ1n) is 10.9. The molecule has 10 heteroatoms. The number of pyridine rings is 1. The van der Waals surface area contributed by atoms with Crippen LogP contribution in [0.15, 0.2) is 34.3 Å². The Morgan fingerprint density at radius 2 is 2.06 bits per heavy atom. The molecular weight excluding hydrogens is 440 g/mol. The molecule has 5 heterocycles. The summed E-state index contributed by atoms with van der Waals surface area (Å²) in [5.74, 6) is 0.344. The van der Waals surface area contributed by atoms with E-state index in [1.807, 2.05) is 25.4 Å². The van der Waals surface area contributed by atoms with Crippen molar-refractivity contribution in [3.63, 3.8) is 0 Å². The van der Waals surface area contributed by atoms with Crippen molar-refractivity contribution in [2.45, 2.75) is 39.5 Å². The van der Waals surface area contributed by atoms with Gasteiger partial charge < -0.3 is 9.15 Å². The molecule has 1 aliphatic heterocycles. The molecule has 9 nitrogen and oxygen atoms in total. The van der Waals surface area contributed by atoms with Gasteiger partial charge in [0, 0.05) is 32.1 Å². The van der Waals surface area contributed by atoms with E-state index in [2.05, 4.69) is 39.1 Å². The maximum atomic E-state index is 13.3. The van der Waals surface area contributed by atoms with Crippen molar-refractivity contribution in [2.75, 3.05) is 18.4 Å². The normalized spacial score (nSPS) is 19.3. The molecule has 33 heavy (non-hydrogen) atoms. The average Bonchev–Trinajstić information content (AvgIpc) is 3.49. The van der Waals surface area contributed by atoms with Gasteiger partial charge >= 0.3 is 0 Å². The van der Waals surface area contributed by atoms with Crippen molar-refractivity contribution in [3.05, 3.63) is 46.8 Å². The molecule has 0 bridgehead atoms. The van der Waals surface area contributed by atoms with E-state index in [9.17, 15) is 4.79 Å². The van der Waals surface area contributed by atoms with Crippen LogP contribution in [0.25, 0.3) is 22.5 Å². The summed E-state index contributed by atoms with van der Waals surface area (Å²) in [6, 6.07) is 5.36. The molecule has 2 atom stereocenters. The zero-order chi connectivity index (χ0) is 23.1. The number of carbonyl (C=O) groups is 1. The van der Waals surface area contributed by atoms with E-state index in [1.165, 1.54) is 11.3 Å². The summed E-state index contributed by atoms with van der Waals surface area (Å²) in [5, 5.41) is 10.7. The number of amides is 1. The second-order valence-electron chi connectivity index (χ2n) is 8.49. The van der Waals surface area contributed by atoms with Crippen molar-refractivity contribution in [3.8, 4) is 11.5 Å². The summed E-state index contributed by atoms with van der Waals surface area (Å²) in [5.41, 5.74) is 3.37. The summed E-state index contributed by atoms with van der Waals surface area (Å²) in [6.45, 7) is 8.51. The molecule has 0 spiro atoms. The second kappa shape index (κ2) is 8.69. The molecule has 2 unspecified atom stereocenters. The van der Waals surface area contributed by atoms with Gasteiger partial charge in [-0.05, 0) is 39.0 Å². The largest absolute Gasteiger partial charge is 0.463 e. The lowest BCUT2D eigenvalue weighted by Crippen LogP contribution is -2.44. The molecule has 1 aliphatic rings. The quantitative estimate of drug-likeness (QED) is 0.477. The number of hydrogen-bond acceptors (Lipinski definition) is 8. The van der Waals surface area contributed by atoms with Gasteiger partial charge in [0.05, 0.1) is 40.8 Å². The number of nitrogens with one attached hydrogen (secondary N) is 1. The molecule has 1 N–H and O–H groups in total. The van der Waals surface area contributed by atoms with Gasteiger partial charge in [0.1, 0.15) is 5.69 Å². The third kappa shape index (κ3) is 4.41. The lowest BCUT2D eigenvalue weighted by atomic mass is 10.1. The monoisotopic (exact) mass is 466 g/mol. The molecule has 0 saturated carbocycles. The number of carbonyl (C=O) groups excluding carboxylic acids is 1. The highest BCUT2D eigenvalue weighted by Crippen LogP contribution is 2.28. The first-order valence-corrected chi connectivity index (χ1v) is 11.8. The van der Waals surface area contributed by atoms with Crippen molar-refractivity contribution in [1.82, 2.24) is 24.6 Å². The van der Waals surface area contributed by atoms with Gasteiger partial charge in [-0.15, -0.1) is 11.3 Å². The van der Waals surface area contributed by atoms with Crippen LogP contribution in [0.3, 0.4) is 0 Å². The fourth-order valence-electron chi connectivity index (χ4n) is 4.42. The Morgan fingerprint density at radius 1 is 1.27 bits per heavy atom. The second-order valence-corrected chi connectivity index (χ2v) is 9.35. The molecular formula is C23H26N6O3S. The number of morpholine rings is 1. The third-order valence-electron chi connectivity index (χ3n) is 5.64. The van der Waals surface area contributed by atoms with Gasteiger partial charge in [-0.1, -0.05) is 0 Å². The van der Waals surface area contributed by atoms with E-state index < -0.39 is 0 Å². The number of furan rings is 1.